The minimum Gasteiger partial charge on any atom is -0.271 e. The maximum absolute atomic E-state index is 12.4. The van der Waals surface area contributed by atoms with Crippen LogP contribution in [-0.2, 0) is 6.54 Å². The summed E-state index contributed by atoms with van der Waals surface area (Å²) in [4.78, 5) is 0. The standard InChI is InChI=1S/C8H10FN3/c1-7(9)2-3-12-6-8(4-10)5-11-12/h5-7H,2-3H2,1H3. The van der Waals surface area contributed by atoms with Crippen LogP contribution in [0, 0.1) is 11.3 Å². The van der Waals surface area contributed by atoms with Crippen molar-refractivity contribution < 1.29 is 4.39 Å². The Balaban J connectivity index is 2.48. The van der Waals surface area contributed by atoms with Gasteiger partial charge in [0.05, 0.1) is 17.9 Å². The normalized spacial score (nSPS) is 12.4. The molecule has 0 fully saturated rings. The number of aromatic nitrogens is 2. The summed E-state index contributed by atoms with van der Waals surface area (Å²) in [6.45, 7) is 2.04. The van der Waals surface area contributed by atoms with E-state index in [-0.39, 0.29) is 0 Å². The number of hydrogen-bond donors (Lipinski definition) is 0. The van der Waals surface area contributed by atoms with Gasteiger partial charge in [0.1, 0.15) is 6.07 Å². The van der Waals surface area contributed by atoms with Crippen molar-refractivity contribution in [3.8, 4) is 6.07 Å². The third-order valence-electron chi connectivity index (χ3n) is 1.52. The molecule has 0 aliphatic carbocycles. The minimum atomic E-state index is -0.820. The number of alkyl halides is 1. The molecule has 0 radical (unpaired) electrons. The lowest BCUT2D eigenvalue weighted by Crippen LogP contribution is -2.03. The van der Waals surface area contributed by atoms with Crippen molar-refractivity contribution in [1.29, 1.82) is 5.26 Å². The minimum absolute atomic E-state index is 0.437. The molecule has 0 aromatic carbocycles. The first kappa shape index (κ1) is 8.72. The quantitative estimate of drug-likeness (QED) is 0.684. The zero-order valence-corrected chi connectivity index (χ0v) is 6.87. The molecule has 1 aromatic rings. The van der Waals surface area contributed by atoms with Gasteiger partial charge in [-0.15, -0.1) is 0 Å². The Labute approximate surface area is 70.4 Å². The van der Waals surface area contributed by atoms with Gasteiger partial charge in [-0.3, -0.25) is 4.68 Å². The smallest absolute Gasteiger partial charge is 0.102 e. The third-order valence-corrected chi connectivity index (χ3v) is 1.52. The molecule has 0 bridgehead atoms. The molecule has 0 saturated heterocycles. The van der Waals surface area contributed by atoms with E-state index in [4.69, 9.17) is 5.26 Å². The van der Waals surface area contributed by atoms with Crippen LogP contribution in [0.5, 0.6) is 0 Å². The van der Waals surface area contributed by atoms with Crippen LogP contribution in [-0.4, -0.2) is 16.0 Å². The summed E-state index contributed by atoms with van der Waals surface area (Å²) >= 11 is 0. The maximum Gasteiger partial charge on any atom is 0.102 e. The summed E-state index contributed by atoms with van der Waals surface area (Å²) in [5.41, 5.74) is 0.515. The largest absolute Gasteiger partial charge is 0.271 e. The lowest BCUT2D eigenvalue weighted by molar-refractivity contribution is 0.320. The van der Waals surface area contributed by atoms with Crippen molar-refractivity contribution in [2.45, 2.75) is 26.1 Å². The SMILES string of the molecule is CC(F)CCn1cc(C#N)cn1. The molecule has 1 atom stereocenters. The average molecular weight is 167 g/mol. The van der Waals surface area contributed by atoms with E-state index in [0.717, 1.165) is 0 Å². The van der Waals surface area contributed by atoms with Gasteiger partial charge in [0, 0.05) is 12.7 Å². The van der Waals surface area contributed by atoms with Crippen LogP contribution in [0.1, 0.15) is 18.9 Å². The highest BCUT2D eigenvalue weighted by Gasteiger charge is 2.00. The van der Waals surface area contributed by atoms with Gasteiger partial charge < -0.3 is 0 Å². The highest BCUT2D eigenvalue weighted by atomic mass is 19.1. The molecule has 0 aliphatic heterocycles. The summed E-state index contributed by atoms with van der Waals surface area (Å²) in [5, 5.41) is 12.3. The molecule has 1 rings (SSSR count). The Morgan fingerprint density at radius 2 is 2.58 bits per heavy atom. The molecular formula is C8H10FN3. The summed E-state index contributed by atoms with van der Waals surface area (Å²) < 4.78 is 13.9. The summed E-state index contributed by atoms with van der Waals surface area (Å²) in [5.74, 6) is 0. The molecule has 0 aliphatic rings. The van der Waals surface area contributed by atoms with E-state index in [1.807, 2.05) is 6.07 Å². The van der Waals surface area contributed by atoms with Crippen molar-refractivity contribution in [2.24, 2.45) is 0 Å². The zero-order valence-electron chi connectivity index (χ0n) is 6.87. The predicted octanol–water partition coefficient (Wildman–Crippen LogP) is 1.50. The Kier molecular flexibility index (Phi) is 2.81. The molecule has 4 heteroatoms. The van der Waals surface area contributed by atoms with Crippen LogP contribution < -0.4 is 0 Å². The number of nitriles is 1. The molecule has 0 N–H and O–H groups in total. The fourth-order valence-corrected chi connectivity index (χ4v) is 0.854. The van der Waals surface area contributed by atoms with Gasteiger partial charge in [0.15, 0.2) is 0 Å². The lowest BCUT2D eigenvalue weighted by Gasteiger charge is -2.00. The van der Waals surface area contributed by atoms with Crippen LogP contribution in [0.3, 0.4) is 0 Å². The van der Waals surface area contributed by atoms with E-state index in [1.165, 1.54) is 13.1 Å². The van der Waals surface area contributed by atoms with Crippen LogP contribution in [0.25, 0.3) is 0 Å². The van der Waals surface area contributed by atoms with E-state index in [9.17, 15) is 4.39 Å². The number of aryl methyl sites for hydroxylation is 1. The molecule has 1 aromatic heterocycles. The Morgan fingerprint density at radius 3 is 3.08 bits per heavy atom. The fourth-order valence-electron chi connectivity index (χ4n) is 0.854. The highest BCUT2D eigenvalue weighted by Crippen LogP contribution is 2.00. The van der Waals surface area contributed by atoms with Gasteiger partial charge in [0.25, 0.3) is 0 Å². The number of hydrogen-bond acceptors (Lipinski definition) is 2. The van der Waals surface area contributed by atoms with Gasteiger partial charge in [0.2, 0.25) is 0 Å². The molecule has 12 heavy (non-hydrogen) atoms. The van der Waals surface area contributed by atoms with Gasteiger partial charge in [-0.2, -0.15) is 10.4 Å². The fraction of sp³-hybridized carbons (Fsp3) is 0.500. The van der Waals surface area contributed by atoms with Gasteiger partial charge >= 0.3 is 0 Å². The van der Waals surface area contributed by atoms with Crippen LogP contribution in [0.15, 0.2) is 12.4 Å². The second kappa shape index (κ2) is 3.86. The maximum atomic E-state index is 12.4. The van der Waals surface area contributed by atoms with E-state index < -0.39 is 6.17 Å². The van der Waals surface area contributed by atoms with E-state index >= 15 is 0 Å². The monoisotopic (exact) mass is 167 g/mol. The lowest BCUT2D eigenvalue weighted by atomic mass is 10.3. The summed E-state index contributed by atoms with van der Waals surface area (Å²) in [6.07, 6.45) is 2.71. The van der Waals surface area contributed by atoms with E-state index in [2.05, 4.69) is 5.10 Å². The van der Waals surface area contributed by atoms with Crippen molar-refractivity contribution in [3.05, 3.63) is 18.0 Å². The van der Waals surface area contributed by atoms with Crippen LogP contribution >= 0.6 is 0 Å². The van der Waals surface area contributed by atoms with Crippen LogP contribution in [0.2, 0.25) is 0 Å². The zero-order chi connectivity index (χ0) is 8.97. The highest BCUT2D eigenvalue weighted by molar-refractivity contribution is 5.21. The van der Waals surface area contributed by atoms with Gasteiger partial charge in [-0.05, 0) is 13.3 Å². The predicted molar refractivity (Wildman–Crippen MR) is 42.1 cm³/mol. The van der Waals surface area contributed by atoms with Crippen molar-refractivity contribution in [2.75, 3.05) is 0 Å². The summed E-state index contributed by atoms with van der Waals surface area (Å²) in [7, 11) is 0. The second-order valence-corrected chi connectivity index (χ2v) is 2.67. The first-order valence-corrected chi connectivity index (χ1v) is 3.79. The molecule has 0 spiro atoms. The van der Waals surface area contributed by atoms with E-state index in [0.29, 0.717) is 18.5 Å². The number of rotatable bonds is 3. The topological polar surface area (TPSA) is 41.6 Å². The van der Waals surface area contributed by atoms with Crippen LogP contribution in [0.4, 0.5) is 4.39 Å². The third kappa shape index (κ3) is 2.35. The number of nitrogens with zero attached hydrogens (tertiary/aromatic N) is 3. The van der Waals surface area contributed by atoms with Crippen molar-refractivity contribution in [3.63, 3.8) is 0 Å². The Morgan fingerprint density at radius 1 is 1.83 bits per heavy atom. The molecule has 1 unspecified atom stereocenters. The first-order valence-electron chi connectivity index (χ1n) is 3.79. The molecule has 1 heterocycles. The molecule has 64 valence electrons. The van der Waals surface area contributed by atoms with Crippen molar-refractivity contribution in [1.82, 2.24) is 9.78 Å². The molecular weight excluding hydrogens is 157 g/mol. The first-order chi connectivity index (χ1) is 5.72. The van der Waals surface area contributed by atoms with Gasteiger partial charge in [-0.25, -0.2) is 4.39 Å². The molecule has 3 nitrogen and oxygen atoms in total. The Hall–Kier alpha value is -1.37. The molecule has 0 amide bonds. The summed E-state index contributed by atoms with van der Waals surface area (Å²) in [6, 6.07) is 1.96. The van der Waals surface area contributed by atoms with Crippen molar-refractivity contribution >= 4 is 0 Å². The van der Waals surface area contributed by atoms with E-state index in [1.54, 1.807) is 10.9 Å². The number of halogens is 1. The molecule has 0 saturated carbocycles. The average Bonchev–Trinajstić information content (AvgIpc) is 2.48. The van der Waals surface area contributed by atoms with Gasteiger partial charge in [-0.1, -0.05) is 0 Å². The Bertz CT molecular complexity index is 285. The second-order valence-electron chi connectivity index (χ2n) is 2.67.